The lowest BCUT2D eigenvalue weighted by Gasteiger charge is -2.10. The van der Waals surface area contributed by atoms with Crippen molar-refractivity contribution in [3.63, 3.8) is 0 Å². The first kappa shape index (κ1) is 18.6. The number of allylic oxidation sites excluding steroid dienone is 1. The van der Waals surface area contributed by atoms with Crippen molar-refractivity contribution >= 4 is 5.97 Å². The molecule has 2 fully saturated rings. The Kier molecular flexibility index (Phi) is 6.89. The number of rotatable bonds is 6. The highest BCUT2D eigenvalue weighted by Gasteiger charge is 2.59. The highest BCUT2D eigenvalue weighted by molar-refractivity contribution is 5.76. The molecular weight excluding hydrogens is 300 g/mol. The topological polar surface area (TPSA) is 35.5 Å². The minimum atomic E-state index is 0.0621. The summed E-state index contributed by atoms with van der Waals surface area (Å²) in [5.41, 5.74) is 1.18. The van der Waals surface area contributed by atoms with Crippen LogP contribution in [0.15, 0.2) is 42.7 Å². The number of benzene rings is 1. The highest BCUT2D eigenvalue weighted by atomic mass is 16.5. The predicted octanol–water partition coefficient (Wildman–Crippen LogP) is 4.97. The Morgan fingerprint density at radius 3 is 2.25 bits per heavy atom. The van der Waals surface area contributed by atoms with Crippen molar-refractivity contribution in [3.8, 4) is 0 Å². The smallest absolute Gasteiger partial charge is 0.309 e. The van der Waals surface area contributed by atoms with Gasteiger partial charge >= 0.3 is 5.97 Å². The van der Waals surface area contributed by atoms with Gasteiger partial charge in [-0.2, -0.15) is 0 Å². The lowest BCUT2D eigenvalue weighted by molar-refractivity contribution is -0.145. The van der Waals surface area contributed by atoms with Crippen LogP contribution in [-0.4, -0.2) is 12.6 Å². The molecule has 0 aromatic heterocycles. The van der Waals surface area contributed by atoms with Crippen LogP contribution in [0.2, 0.25) is 0 Å². The third kappa shape index (κ3) is 5.12. The molecule has 2 saturated carbocycles. The van der Waals surface area contributed by atoms with Gasteiger partial charge in [-0.3, -0.25) is 4.79 Å². The first-order valence-electron chi connectivity index (χ1n) is 9.05. The van der Waals surface area contributed by atoms with Crippen LogP contribution in [0, 0.1) is 23.7 Å². The summed E-state index contributed by atoms with van der Waals surface area (Å²) in [7, 11) is 0. The number of hydrogen-bond acceptors (Lipinski definition) is 3. The minimum Gasteiger partial charge on any atom is -0.494 e. The zero-order valence-electron chi connectivity index (χ0n) is 15.2. The first-order chi connectivity index (χ1) is 11.6. The van der Waals surface area contributed by atoms with Gasteiger partial charge in [0.1, 0.15) is 6.61 Å². The van der Waals surface area contributed by atoms with Gasteiger partial charge in [-0.25, -0.2) is 0 Å². The van der Waals surface area contributed by atoms with Gasteiger partial charge in [0.2, 0.25) is 0 Å². The lowest BCUT2D eigenvalue weighted by atomic mass is 9.98. The zero-order chi connectivity index (χ0) is 17.5. The Labute approximate surface area is 146 Å². The molecule has 3 heteroatoms. The molecule has 0 spiro atoms. The van der Waals surface area contributed by atoms with E-state index < -0.39 is 0 Å². The molecule has 0 heterocycles. The maximum absolute atomic E-state index is 11.4. The summed E-state index contributed by atoms with van der Waals surface area (Å²) in [5, 5.41) is 0. The van der Waals surface area contributed by atoms with E-state index in [1.54, 1.807) is 0 Å². The highest BCUT2D eigenvalue weighted by Crippen LogP contribution is 2.60. The summed E-state index contributed by atoms with van der Waals surface area (Å²) in [4.78, 5) is 11.4. The van der Waals surface area contributed by atoms with E-state index in [1.807, 2.05) is 44.2 Å². The van der Waals surface area contributed by atoms with E-state index >= 15 is 0 Å². The molecule has 2 unspecified atom stereocenters. The number of hydrogen-bond donors (Lipinski definition) is 0. The Balaban J connectivity index is 0.000000177. The van der Waals surface area contributed by atoms with E-state index in [9.17, 15) is 4.79 Å². The van der Waals surface area contributed by atoms with Gasteiger partial charge in [0.05, 0.1) is 18.3 Å². The van der Waals surface area contributed by atoms with Crippen LogP contribution in [0.1, 0.15) is 45.6 Å². The van der Waals surface area contributed by atoms with Gasteiger partial charge in [0.15, 0.2) is 0 Å². The van der Waals surface area contributed by atoms with Crippen LogP contribution in [0.5, 0.6) is 0 Å². The van der Waals surface area contributed by atoms with E-state index in [2.05, 4.69) is 13.5 Å². The standard InChI is InChI=1S/C11H18O2.C10H12O/c1-3-7-5-8-9(6-7)10(8)11(12)13-4-2;1-9(2)11-8-10-6-4-3-5-7-10/h7-10H,3-6H2,1-2H3;3-7H,1,8H2,2H3. The molecular formula is C21H30O3. The quantitative estimate of drug-likeness (QED) is 0.546. The Bertz CT molecular complexity index is 525. The van der Waals surface area contributed by atoms with Crippen LogP contribution in [0.4, 0.5) is 0 Å². The molecule has 0 N–H and O–H groups in total. The van der Waals surface area contributed by atoms with Gasteiger partial charge in [0.25, 0.3) is 0 Å². The van der Waals surface area contributed by atoms with E-state index in [0.717, 1.165) is 11.7 Å². The summed E-state index contributed by atoms with van der Waals surface area (Å²) in [6.07, 6.45) is 3.82. The molecule has 1 aromatic carbocycles. The fourth-order valence-electron chi connectivity index (χ4n) is 3.66. The Morgan fingerprint density at radius 2 is 1.75 bits per heavy atom. The molecule has 1 aromatic rings. The Morgan fingerprint density at radius 1 is 1.12 bits per heavy atom. The number of carbonyl (C=O) groups is 1. The average molecular weight is 330 g/mol. The maximum atomic E-state index is 11.4. The van der Waals surface area contributed by atoms with Gasteiger partial charge in [-0.15, -0.1) is 0 Å². The van der Waals surface area contributed by atoms with Gasteiger partial charge in [-0.1, -0.05) is 50.3 Å². The number of carbonyl (C=O) groups excluding carboxylic acids is 1. The van der Waals surface area contributed by atoms with Crippen LogP contribution in [-0.2, 0) is 20.9 Å². The lowest BCUT2D eigenvalue weighted by Crippen LogP contribution is -2.12. The molecule has 3 rings (SSSR count). The molecule has 0 bridgehead atoms. The largest absolute Gasteiger partial charge is 0.494 e. The third-order valence-electron chi connectivity index (χ3n) is 5.01. The molecule has 0 saturated heterocycles. The minimum absolute atomic E-state index is 0.0621. The predicted molar refractivity (Wildman–Crippen MR) is 96.2 cm³/mol. The normalized spacial score (nSPS) is 26.6. The van der Waals surface area contributed by atoms with Crippen molar-refractivity contribution in [2.75, 3.05) is 6.61 Å². The van der Waals surface area contributed by atoms with Crippen LogP contribution >= 0.6 is 0 Å². The first-order valence-corrected chi connectivity index (χ1v) is 9.05. The average Bonchev–Trinajstić information content (AvgIpc) is 3.09. The second kappa shape index (κ2) is 8.91. The fourth-order valence-corrected chi connectivity index (χ4v) is 3.66. The SMILES string of the molecule is C=C(C)OCc1ccccc1.CCOC(=O)C1C2CC(CC)CC21. The van der Waals surface area contributed by atoms with Crippen molar-refractivity contribution in [2.45, 2.75) is 46.6 Å². The third-order valence-corrected chi connectivity index (χ3v) is 5.01. The second-order valence-electron chi connectivity index (χ2n) is 6.83. The van der Waals surface area contributed by atoms with Crippen molar-refractivity contribution in [2.24, 2.45) is 23.7 Å². The van der Waals surface area contributed by atoms with Gasteiger partial charge < -0.3 is 9.47 Å². The summed E-state index contributed by atoms with van der Waals surface area (Å²) in [6, 6.07) is 10.0. The Hall–Kier alpha value is -1.77. The van der Waals surface area contributed by atoms with Gasteiger partial charge in [0, 0.05) is 0 Å². The monoisotopic (exact) mass is 330 g/mol. The van der Waals surface area contributed by atoms with E-state index in [1.165, 1.54) is 24.8 Å². The number of ether oxygens (including phenoxy) is 2. The molecule has 2 atom stereocenters. The summed E-state index contributed by atoms with van der Waals surface area (Å²) >= 11 is 0. The van der Waals surface area contributed by atoms with E-state index in [-0.39, 0.29) is 11.9 Å². The molecule has 0 radical (unpaired) electrons. The second-order valence-corrected chi connectivity index (χ2v) is 6.83. The van der Waals surface area contributed by atoms with E-state index in [4.69, 9.17) is 9.47 Å². The van der Waals surface area contributed by atoms with Crippen molar-refractivity contribution in [1.82, 2.24) is 0 Å². The summed E-state index contributed by atoms with van der Waals surface area (Å²) in [6.45, 7) is 10.8. The summed E-state index contributed by atoms with van der Waals surface area (Å²) in [5.74, 6) is 3.36. The van der Waals surface area contributed by atoms with Crippen LogP contribution in [0.25, 0.3) is 0 Å². The zero-order valence-corrected chi connectivity index (χ0v) is 15.2. The summed E-state index contributed by atoms with van der Waals surface area (Å²) < 4.78 is 10.3. The van der Waals surface area contributed by atoms with Crippen molar-refractivity contribution < 1.29 is 14.3 Å². The molecule has 0 aliphatic heterocycles. The van der Waals surface area contributed by atoms with E-state index in [0.29, 0.717) is 25.0 Å². The maximum Gasteiger partial charge on any atom is 0.309 e. The molecule has 3 nitrogen and oxygen atoms in total. The number of esters is 1. The molecule has 2 aliphatic rings. The molecule has 0 amide bonds. The van der Waals surface area contributed by atoms with Crippen LogP contribution < -0.4 is 0 Å². The van der Waals surface area contributed by atoms with Crippen molar-refractivity contribution in [3.05, 3.63) is 48.2 Å². The van der Waals surface area contributed by atoms with Crippen molar-refractivity contribution in [1.29, 1.82) is 0 Å². The van der Waals surface area contributed by atoms with Crippen LogP contribution in [0.3, 0.4) is 0 Å². The molecule has 24 heavy (non-hydrogen) atoms. The molecule has 2 aliphatic carbocycles. The fraction of sp³-hybridized carbons (Fsp3) is 0.571. The van der Waals surface area contributed by atoms with Gasteiger partial charge in [-0.05, 0) is 50.0 Å². The molecule has 132 valence electrons. The number of fused-ring (bicyclic) bond motifs is 1.